The Morgan fingerprint density at radius 3 is 2.48 bits per heavy atom. The minimum absolute atomic E-state index is 0.336. The number of hydrogen-bond donors (Lipinski definition) is 1. The summed E-state index contributed by atoms with van der Waals surface area (Å²) in [6.45, 7) is 3.18. The Bertz CT molecular complexity index is 781. The van der Waals surface area contributed by atoms with Crippen LogP contribution in [0.2, 0.25) is 0 Å². The van der Waals surface area contributed by atoms with Gasteiger partial charge in [-0.3, -0.25) is 9.59 Å². The molecule has 0 fully saturated rings. The van der Waals surface area contributed by atoms with Gasteiger partial charge in [-0.25, -0.2) is 0 Å². The van der Waals surface area contributed by atoms with E-state index in [1.54, 1.807) is 13.0 Å². The van der Waals surface area contributed by atoms with E-state index < -0.39 is 29.2 Å². The zero-order valence-corrected chi connectivity index (χ0v) is 12.5. The third-order valence-electron chi connectivity index (χ3n) is 3.39. The second kappa shape index (κ2) is 6.28. The van der Waals surface area contributed by atoms with Crippen LogP contribution >= 0.6 is 0 Å². The first-order chi connectivity index (χ1) is 10.7. The lowest BCUT2D eigenvalue weighted by Gasteiger charge is -2.18. The molecular formula is C16H15F3N2O2. The molecular weight excluding hydrogens is 309 g/mol. The third kappa shape index (κ3) is 3.80. The molecule has 0 radical (unpaired) electrons. The van der Waals surface area contributed by atoms with Crippen molar-refractivity contribution in [1.29, 1.82) is 0 Å². The van der Waals surface area contributed by atoms with Crippen LogP contribution in [0.4, 0.5) is 18.9 Å². The van der Waals surface area contributed by atoms with Crippen LogP contribution in [0.1, 0.15) is 24.1 Å². The van der Waals surface area contributed by atoms with E-state index in [0.717, 1.165) is 11.6 Å². The van der Waals surface area contributed by atoms with E-state index in [0.29, 0.717) is 0 Å². The van der Waals surface area contributed by atoms with Crippen LogP contribution in [0.5, 0.6) is 0 Å². The van der Waals surface area contributed by atoms with Gasteiger partial charge in [0.1, 0.15) is 6.04 Å². The van der Waals surface area contributed by atoms with E-state index in [9.17, 15) is 22.8 Å². The minimum Gasteiger partial charge on any atom is -0.324 e. The normalized spacial score (nSPS) is 12.7. The van der Waals surface area contributed by atoms with Crippen LogP contribution in [0.3, 0.4) is 0 Å². The molecule has 0 aliphatic rings. The number of nitrogens with one attached hydrogen (secondary N) is 1. The summed E-state index contributed by atoms with van der Waals surface area (Å²) in [4.78, 5) is 24.1. The van der Waals surface area contributed by atoms with Gasteiger partial charge in [-0.2, -0.15) is 13.2 Å². The summed E-state index contributed by atoms with van der Waals surface area (Å²) < 4.78 is 39.9. The number of pyridine rings is 1. The maximum atomic E-state index is 12.9. The molecule has 4 nitrogen and oxygen atoms in total. The Kier molecular flexibility index (Phi) is 4.58. The molecule has 1 aromatic carbocycles. The lowest BCUT2D eigenvalue weighted by molar-refractivity contribution is -0.137. The third-order valence-corrected chi connectivity index (χ3v) is 3.39. The Hall–Kier alpha value is -2.57. The molecule has 2 rings (SSSR count). The van der Waals surface area contributed by atoms with Crippen LogP contribution in [0, 0.1) is 6.92 Å². The lowest BCUT2D eigenvalue weighted by Crippen LogP contribution is -2.31. The second-order valence-corrected chi connectivity index (χ2v) is 5.16. The van der Waals surface area contributed by atoms with E-state index in [1.165, 1.54) is 42.0 Å². The van der Waals surface area contributed by atoms with Crippen molar-refractivity contribution in [3.8, 4) is 0 Å². The molecule has 1 amide bonds. The topological polar surface area (TPSA) is 51.1 Å². The molecule has 1 heterocycles. The van der Waals surface area contributed by atoms with Crippen molar-refractivity contribution in [2.75, 3.05) is 5.32 Å². The summed E-state index contributed by atoms with van der Waals surface area (Å²) in [5, 5.41) is 2.24. The van der Waals surface area contributed by atoms with Gasteiger partial charge in [-0.05, 0) is 37.6 Å². The fourth-order valence-electron chi connectivity index (χ4n) is 2.11. The van der Waals surface area contributed by atoms with Crippen molar-refractivity contribution in [3.63, 3.8) is 0 Å². The summed E-state index contributed by atoms with van der Waals surface area (Å²) >= 11 is 0. The van der Waals surface area contributed by atoms with Crippen molar-refractivity contribution in [1.82, 2.24) is 4.57 Å². The molecule has 0 spiro atoms. The van der Waals surface area contributed by atoms with E-state index in [4.69, 9.17) is 0 Å². The number of rotatable bonds is 3. The molecule has 0 bridgehead atoms. The average molecular weight is 324 g/mol. The number of aromatic nitrogens is 1. The van der Waals surface area contributed by atoms with Gasteiger partial charge in [0.25, 0.3) is 5.56 Å². The zero-order valence-electron chi connectivity index (χ0n) is 12.5. The number of carbonyl (C=O) groups is 1. The molecule has 23 heavy (non-hydrogen) atoms. The Morgan fingerprint density at radius 2 is 1.87 bits per heavy atom. The molecule has 122 valence electrons. The van der Waals surface area contributed by atoms with Gasteiger partial charge in [0.2, 0.25) is 5.91 Å². The number of hydrogen-bond acceptors (Lipinski definition) is 2. The highest BCUT2D eigenvalue weighted by Crippen LogP contribution is 2.34. The van der Waals surface area contributed by atoms with E-state index in [1.807, 2.05) is 0 Å². The summed E-state index contributed by atoms with van der Waals surface area (Å²) in [5.74, 6) is -0.701. The fourth-order valence-corrected chi connectivity index (χ4v) is 2.11. The number of halogens is 3. The lowest BCUT2D eigenvalue weighted by atomic mass is 10.1. The Balaban J connectivity index is 2.28. The Morgan fingerprint density at radius 1 is 1.22 bits per heavy atom. The van der Waals surface area contributed by atoms with Crippen molar-refractivity contribution in [2.45, 2.75) is 26.1 Å². The van der Waals surface area contributed by atoms with E-state index in [2.05, 4.69) is 5.32 Å². The molecule has 1 N–H and O–H groups in total. The predicted molar refractivity (Wildman–Crippen MR) is 80.2 cm³/mol. The van der Waals surface area contributed by atoms with Gasteiger partial charge in [0, 0.05) is 12.3 Å². The first kappa shape index (κ1) is 16.8. The zero-order chi connectivity index (χ0) is 17.2. The van der Waals surface area contributed by atoms with E-state index >= 15 is 0 Å². The van der Waals surface area contributed by atoms with Crippen LogP contribution in [0.25, 0.3) is 0 Å². The number of amides is 1. The van der Waals surface area contributed by atoms with Crippen LogP contribution < -0.4 is 10.9 Å². The minimum atomic E-state index is -4.58. The van der Waals surface area contributed by atoms with Gasteiger partial charge < -0.3 is 9.88 Å². The largest absolute Gasteiger partial charge is 0.418 e. The van der Waals surface area contributed by atoms with Crippen LogP contribution in [-0.2, 0) is 11.0 Å². The number of para-hydroxylation sites is 1. The van der Waals surface area contributed by atoms with Crippen LogP contribution in [0.15, 0.2) is 47.4 Å². The number of anilines is 1. The summed E-state index contributed by atoms with van der Waals surface area (Å²) in [7, 11) is 0. The van der Waals surface area contributed by atoms with Crippen molar-refractivity contribution < 1.29 is 18.0 Å². The number of benzene rings is 1. The summed E-state index contributed by atoms with van der Waals surface area (Å²) in [6, 6.07) is 6.76. The first-order valence-corrected chi connectivity index (χ1v) is 6.86. The molecule has 0 saturated carbocycles. The summed E-state index contributed by atoms with van der Waals surface area (Å²) in [6.07, 6.45) is -3.13. The molecule has 0 aliphatic heterocycles. The van der Waals surface area contributed by atoms with Crippen molar-refractivity contribution in [3.05, 3.63) is 64.1 Å². The molecule has 0 saturated heterocycles. The number of nitrogens with zero attached hydrogens (tertiary/aromatic N) is 1. The standard InChI is InChI=1S/C16H15F3N2O2/c1-10-7-8-21(14(22)9-10)11(2)15(23)20-13-6-4-3-5-12(13)16(17,18)19/h3-9,11H,1-2H3,(H,20,23). The second-order valence-electron chi connectivity index (χ2n) is 5.16. The average Bonchev–Trinajstić information content (AvgIpc) is 2.46. The Labute approximate surface area is 130 Å². The van der Waals surface area contributed by atoms with Gasteiger partial charge in [-0.1, -0.05) is 12.1 Å². The van der Waals surface area contributed by atoms with Crippen molar-refractivity contribution >= 4 is 11.6 Å². The van der Waals surface area contributed by atoms with Gasteiger partial charge >= 0.3 is 6.18 Å². The first-order valence-electron chi connectivity index (χ1n) is 6.86. The van der Waals surface area contributed by atoms with Crippen LogP contribution in [-0.4, -0.2) is 10.5 Å². The molecule has 1 unspecified atom stereocenters. The maximum absolute atomic E-state index is 12.9. The monoisotopic (exact) mass is 324 g/mol. The van der Waals surface area contributed by atoms with Gasteiger partial charge in [0.15, 0.2) is 0 Å². The fraction of sp³-hybridized carbons (Fsp3) is 0.250. The van der Waals surface area contributed by atoms with E-state index in [-0.39, 0.29) is 5.69 Å². The molecule has 7 heteroatoms. The van der Waals surface area contributed by atoms with Gasteiger partial charge in [0.05, 0.1) is 11.3 Å². The highest BCUT2D eigenvalue weighted by atomic mass is 19.4. The van der Waals surface area contributed by atoms with Gasteiger partial charge in [-0.15, -0.1) is 0 Å². The predicted octanol–water partition coefficient (Wildman–Crippen LogP) is 3.38. The smallest absolute Gasteiger partial charge is 0.324 e. The highest BCUT2D eigenvalue weighted by molar-refractivity contribution is 5.94. The maximum Gasteiger partial charge on any atom is 0.418 e. The SMILES string of the molecule is Cc1ccn(C(C)C(=O)Nc2ccccc2C(F)(F)F)c(=O)c1. The number of aryl methyl sites for hydroxylation is 1. The summed E-state index contributed by atoms with van der Waals surface area (Å²) in [5.41, 5.74) is -0.924. The molecule has 1 aromatic heterocycles. The quantitative estimate of drug-likeness (QED) is 0.941. The molecule has 0 aliphatic carbocycles. The number of alkyl halides is 3. The van der Waals surface area contributed by atoms with Crippen molar-refractivity contribution in [2.24, 2.45) is 0 Å². The molecule has 1 atom stereocenters. The number of carbonyl (C=O) groups excluding carboxylic acids is 1. The molecule has 2 aromatic rings. The highest BCUT2D eigenvalue weighted by Gasteiger charge is 2.33.